The van der Waals surface area contributed by atoms with Crippen molar-refractivity contribution in [3.05, 3.63) is 36.0 Å². The molecule has 0 fully saturated rings. The van der Waals surface area contributed by atoms with Crippen molar-refractivity contribution in [3.8, 4) is 0 Å². The number of aliphatic hydroxyl groups is 1. The van der Waals surface area contributed by atoms with Crippen molar-refractivity contribution in [2.75, 3.05) is 6.54 Å². The van der Waals surface area contributed by atoms with Crippen LogP contribution in [0.3, 0.4) is 0 Å². The lowest BCUT2D eigenvalue weighted by Gasteiger charge is -2.29. The summed E-state index contributed by atoms with van der Waals surface area (Å²) in [6, 6.07) is 7.13. The second-order valence-electron chi connectivity index (χ2n) is 7.05. The van der Waals surface area contributed by atoms with E-state index in [9.17, 15) is 14.7 Å². The van der Waals surface area contributed by atoms with Crippen LogP contribution in [0.1, 0.15) is 33.3 Å². The van der Waals surface area contributed by atoms with Gasteiger partial charge in [-0.2, -0.15) is 0 Å². The molecule has 2 atom stereocenters. The number of carbonyl (C=O) groups is 2. The second kappa shape index (κ2) is 7.70. The molecular weight excluding hydrogens is 318 g/mol. The van der Waals surface area contributed by atoms with E-state index in [1.165, 1.54) is 6.92 Å². The van der Waals surface area contributed by atoms with E-state index in [1.54, 1.807) is 6.92 Å². The average molecular weight is 345 g/mol. The van der Waals surface area contributed by atoms with Crippen molar-refractivity contribution in [1.29, 1.82) is 0 Å². The maximum Gasteiger partial charge on any atom is 0.243 e. The molecule has 0 saturated carbocycles. The third-order valence-corrected chi connectivity index (χ3v) is 4.66. The summed E-state index contributed by atoms with van der Waals surface area (Å²) in [4.78, 5) is 27.2. The summed E-state index contributed by atoms with van der Waals surface area (Å²) in [5.41, 5.74) is 0.944. The molecule has 2 unspecified atom stereocenters. The summed E-state index contributed by atoms with van der Waals surface area (Å²) < 4.78 is 0. The van der Waals surface area contributed by atoms with Crippen LogP contribution in [-0.4, -0.2) is 40.1 Å². The van der Waals surface area contributed by atoms with Gasteiger partial charge in [0.15, 0.2) is 0 Å². The molecule has 6 nitrogen and oxygen atoms in total. The highest BCUT2D eigenvalue weighted by Gasteiger charge is 2.28. The highest BCUT2D eigenvalue weighted by atomic mass is 16.3. The Balaban J connectivity index is 2.13. The number of benzene rings is 1. The highest BCUT2D eigenvalue weighted by Crippen LogP contribution is 2.19. The molecule has 136 valence electrons. The van der Waals surface area contributed by atoms with Crippen molar-refractivity contribution in [2.24, 2.45) is 5.92 Å². The Morgan fingerprint density at radius 2 is 1.96 bits per heavy atom. The number of aromatic nitrogens is 1. The minimum absolute atomic E-state index is 0.000587. The minimum atomic E-state index is -1.00. The molecule has 2 aromatic rings. The van der Waals surface area contributed by atoms with Crippen LogP contribution in [0.5, 0.6) is 0 Å². The van der Waals surface area contributed by atoms with Gasteiger partial charge in [-0.25, -0.2) is 0 Å². The quantitative estimate of drug-likeness (QED) is 0.616. The van der Waals surface area contributed by atoms with Gasteiger partial charge < -0.3 is 20.7 Å². The normalized spacial score (nSPS) is 15.0. The smallest absolute Gasteiger partial charge is 0.243 e. The third-order valence-electron chi connectivity index (χ3n) is 4.66. The molecule has 6 heteroatoms. The van der Waals surface area contributed by atoms with Gasteiger partial charge in [-0.15, -0.1) is 0 Å². The van der Waals surface area contributed by atoms with E-state index in [0.717, 1.165) is 16.5 Å². The summed E-state index contributed by atoms with van der Waals surface area (Å²) in [5.74, 6) is -0.572. The predicted molar refractivity (Wildman–Crippen MR) is 98.1 cm³/mol. The Hall–Kier alpha value is -2.34. The van der Waals surface area contributed by atoms with Gasteiger partial charge in [-0.1, -0.05) is 32.0 Å². The lowest BCUT2D eigenvalue weighted by atomic mass is 9.92. The molecule has 0 bridgehead atoms. The second-order valence-corrected chi connectivity index (χ2v) is 7.05. The van der Waals surface area contributed by atoms with Gasteiger partial charge in [0.05, 0.1) is 5.60 Å². The molecule has 1 heterocycles. The van der Waals surface area contributed by atoms with Crippen molar-refractivity contribution in [3.63, 3.8) is 0 Å². The molecule has 0 radical (unpaired) electrons. The molecule has 0 spiro atoms. The van der Waals surface area contributed by atoms with Gasteiger partial charge in [0.2, 0.25) is 11.8 Å². The van der Waals surface area contributed by atoms with Crippen molar-refractivity contribution in [1.82, 2.24) is 15.6 Å². The first-order chi connectivity index (χ1) is 11.7. The van der Waals surface area contributed by atoms with Crippen LogP contribution >= 0.6 is 0 Å². The summed E-state index contributed by atoms with van der Waals surface area (Å²) in [6.07, 6.45) is 2.23. The standard InChI is InChI=1S/C19H27N3O3/c1-12(2)19(4,25)11-21-18(24)17(22-13(3)23)9-14-10-20-16-8-6-5-7-15(14)16/h5-8,10,12,17,20,25H,9,11H2,1-4H3,(H,21,24)(H,22,23). The summed E-state index contributed by atoms with van der Waals surface area (Å²) in [6.45, 7) is 6.99. The van der Waals surface area contributed by atoms with Gasteiger partial charge in [-0.3, -0.25) is 9.59 Å². The lowest BCUT2D eigenvalue weighted by molar-refractivity contribution is -0.129. The summed E-state index contributed by atoms with van der Waals surface area (Å²) >= 11 is 0. The zero-order chi connectivity index (χ0) is 18.6. The fourth-order valence-electron chi connectivity index (χ4n) is 2.57. The molecule has 2 rings (SSSR count). The zero-order valence-electron chi connectivity index (χ0n) is 15.2. The summed E-state index contributed by atoms with van der Waals surface area (Å²) in [5, 5.41) is 16.8. The minimum Gasteiger partial charge on any atom is -0.388 e. The van der Waals surface area contributed by atoms with Crippen LogP contribution in [0.4, 0.5) is 0 Å². The molecule has 1 aromatic heterocycles. The fourth-order valence-corrected chi connectivity index (χ4v) is 2.57. The van der Waals surface area contributed by atoms with Crippen LogP contribution in [0, 0.1) is 5.92 Å². The molecule has 2 amide bonds. The molecule has 1 aromatic carbocycles. The van der Waals surface area contributed by atoms with E-state index >= 15 is 0 Å². The van der Waals surface area contributed by atoms with Gasteiger partial charge in [-0.05, 0) is 24.5 Å². The van der Waals surface area contributed by atoms with E-state index in [2.05, 4.69) is 15.6 Å². The number of fused-ring (bicyclic) bond motifs is 1. The van der Waals surface area contributed by atoms with E-state index < -0.39 is 11.6 Å². The Labute approximate surface area is 148 Å². The molecule has 0 saturated heterocycles. The first-order valence-electron chi connectivity index (χ1n) is 8.53. The third kappa shape index (κ3) is 4.82. The Kier molecular flexibility index (Phi) is 5.85. The maximum atomic E-state index is 12.6. The number of H-pyrrole nitrogens is 1. The van der Waals surface area contributed by atoms with E-state index in [0.29, 0.717) is 6.42 Å². The van der Waals surface area contributed by atoms with Crippen LogP contribution in [0.15, 0.2) is 30.5 Å². The molecule has 0 aliphatic rings. The van der Waals surface area contributed by atoms with Crippen LogP contribution in [-0.2, 0) is 16.0 Å². The number of hydrogen-bond acceptors (Lipinski definition) is 3. The number of nitrogens with one attached hydrogen (secondary N) is 3. The average Bonchev–Trinajstić information content (AvgIpc) is 2.95. The van der Waals surface area contributed by atoms with Crippen molar-refractivity contribution >= 4 is 22.7 Å². The number of para-hydroxylation sites is 1. The predicted octanol–water partition coefficient (Wildman–Crippen LogP) is 1.74. The fraction of sp³-hybridized carbons (Fsp3) is 0.474. The van der Waals surface area contributed by atoms with Crippen LogP contribution in [0.2, 0.25) is 0 Å². The van der Waals surface area contributed by atoms with Gasteiger partial charge >= 0.3 is 0 Å². The van der Waals surface area contributed by atoms with E-state index in [1.807, 2.05) is 44.3 Å². The molecule has 4 N–H and O–H groups in total. The number of carbonyl (C=O) groups excluding carboxylic acids is 2. The van der Waals surface area contributed by atoms with Crippen LogP contribution in [0.25, 0.3) is 10.9 Å². The highest BCUT2D eigenvalue weighted by molar-refractivity contribution is 5.89. The first kappa shape index (κ1) is 19.0. The zero-order valence-corrected chi connectivity index (χ0v) is 15.2. The Bertz CT molecular complexity index is 749. The monoisotopic (exact) mass is 345 g/mol. The topological polar surface area (TPSA) is 94.2 Å². The van der Waals surface area contributed by atoms with Crippen LogP contribution < -0.4 is 10.6 Å². The Morgan fingerprint density at radius 3 is 2.60 bits per heavy atom. The van der Waals surface area contributed by atoms with E-state index in [4.69, 9.17) is 0 Å². The molecule has 0 aliphatic heterocycles. The summed E-state index contributed by atoms with van der Waals surface area (Å²) in [7, 11) is 0. The van der Waals surface area contributed by atoms with Crippen molar-refractivity contribution < 1.29 is 14.7 Å². The molecule has 25 heavy (non-hydrogen) atoms. The van der Waals surface area contributed by atoms with Crippen molar-refractivity contribution in [2.45, 2.75) is 45.8 Å². The number of rotatable bonds is 7. The Morgan fingerprint density at radius 1 is 1.28 bits per heavy atom. The largest absolute Gasteiger partial charge is 0.388 e. The number of aromatic amines is 1. The number of amides is 2. The number of hydrogen-bond donors (Lipinski definition) is 4. The van der Waals surface area contributed by atoms with Gasteiger partial charge in [0.25, 0.3) is 0 Å². The maximum absolute atomic E-state index is 12.6. The van der Waals surface area contributed by atoms with Gasteiger partial charge in [0.1, 0.15) is 6.04 Å². The molecular formula is C19H27N3O3. The van der Waals surface area contributed by atoms with E-state index in [-0.39, 0.29) is 24.3 Å². The first-order valence-corrected chi connectivity index (χ1v) is 8.53. The van der Waals surface area contributed by atoms with Gasteiger partial charge in [0, 0.05) is 37.0 Å². The lowest BCUT2D eigenvalue weighted by Crippen LogP contribution is -2.52. The SMILES string of the molecule is CC(=O)NC(Cc1c[nH]c2ccccc12)C(=O)NCC(C)(O)C(C)C. The molecule has 0 aliphatic carbocycles.